The lowest BCUT2D eigenvalue weighted by Gasteiger charge is -2.04. The van der Waals surface area contributed by atoms with Crippen molar-refractivity contribution in [2.75, 3.05) is 6.61 Å². The van der Waals surface area contributed by atoms with E-state index in [0.717, 1.165) is 3.57 Å². The topological polar surface area (TPSA) is 63.6 Å². The van der Waals surface area contributed by atoms with Gasteiger partial charge in [0.05, 0.1) is 5.56 Å². The Balaban J connectivity index is 1.94. The molecule has 0 saturated heterocycles. The first kappa shape index (κ1) is 14.5. The van der Waals surface area contributed by atoms with Crippen LogP contribution in [-0.4, -0.2) is 23.5 Å². The van der Waals surface area contributed by atoms with Gasteiger partial charge in [-0.25, -0.2) is 4.79 Å². The minimum absolute atomic E-state index is 0.0662. The van der Waals surface area contributed by atoms with Gasteiger partial charge in [-0.2, -0.15) is 0 Å². The molecule has 0 heterocycles. The van der Waals surface area contributed by atoms with Gasteiger partial charge in [-0.05, 0) is 59.0 Å². The van der Waals surface area contributed by atoms with Gasteiger partial charge in [0.1, 0.15) is 5.75 Å². The molecule has 0 aromatic heterocycles. The third kappa shape index (κ3) is 3.80. The number of hydrogen-bond acceptors (Lipinski definition) is 4. The van der Waals surface area contributed by atoms with Crippen LogP contribution in [0.15, 0.2) is 48.5 Å². The molecule has 20 heavy (non-hydrogen) atoms. The largest absolute Gasteiger partial charge is 0.508 e. The smallest absolute Gasteiger partial charge is 0.338 e. The van der Waals surface area contributed by atoms with Crippen molar-refractivity contribution in [2.24, 2.45) is 0 Å². The number of aromatic hydroxyl groups is 1. The van der Waals surface area contributed by atoms with Crippen LogP contribution in [0, 0.1) is 3.57 Å². The molecule has 102 valence electrons. The molecule has 4 nitrogen and oxygen atoms in total. The first-order valence-corrected chi connectivity index (χ1v) is 6.89. The summed E-state index contributed by atoms with van der Waals surface area (Å²) in [7, 11) is 0. The van der Waals surface area contributed by atoms with E-state index >= 15 is 0 Å². The maximum atomic E-state index is 11.8. The van der Waals surface area contributed by atoms with Crippen LogP contribution < -0.4 is 0 Å². The van der Waals surface area contributed by atoms with Crippen molar-refractivity contribution in [1.82, 2.24) is 0 Å². The zero-order valence-corrected chi connectivity index (χ0v) is 12.5. The molecule has 0 fully saturated rings. The van der Waals surface area contributed by atoms with Crippen LogP contribution in [0.5, 0.6) is 5.75 Å². The molecule has 0 aliphatic rings. The van der Waals surface area contributed by atoms with Gasteiger partial charge in [0.25, 0.3) is 0 Å². The maximum absolute atomic E-state index is 11.8. The Hall–Kier alpha value is -1.89. The molecule has 0 atom stereocenters. The van der Waals surface area contributed by atoms with Gasteiger partial charge >= 0.3 is 5.97 Å². The SMILES string of the molecule is O=C(COC(=O)c1ccc(O)cc1)c1ccc(I)cc1. The van der Waals surface area contributed by atoms with Crippen LogP contribution in [0.25, 0.3) is 0 Å². The first-order valence-electron chi connectivity index (χ1n) is 5.81. The molecular formula is C15H11IO4. The lowest BCUT2D eigenvalue weighted by atomic mass is 10.1. The van der Waals surface area contributed by atoms with Crippen LogP contribution in [0.4, 0.5) is 0 Å². The third-order valence-corrected chi connectivity index (χ3v) is 3.32. The van der Waals surface area contributed by atoms with Crippen molar-refractivity contribution in [3.8, 4) is 5.75 Å². The summed E-state index contributed by atoms with van der Waals surface area (Å²) in [6.45, 7) is -0.305. The predicted octanol–water partition coefficient (Wildman–Crippen LogP) is 3.04. The van der Waals surface area contributed by atoms with Gasteiger partial charge in [-0.15, -0.1) is 0 Å². The van der Waals surface area contributed by atoms with E-state index in [1.165, 1.54) is 24.3 Å². The Morgan fingerprint density at radius 3 is 2.10 bits per heavy atom. The highest BCUT2D eigenvalue weighted by Crippen LogP contribution is 2.11. The molecule has 0 unspecified atom stereocenters. The molecule has 5 heteroatoms. The number of carbonyl (C=O) groups excluding carboxylic acids is 2. The summed E-state index contributed by atoms with van der Waals surface area (Å²) in [6, 6.07) is 12.7. The number of hydrogen-bond donors (Lipinski definition) is 1. The second kappa shape index (κ2) is 6.51. The second-order valence-corrected chi connectivity index (χ2v) is 5.30. The van der Waals surface area contributed by atoms with E-state index in [1.807, 2.05) is 12.1 Å². The second-order valence-electron chi connectivity index (χ2n) is 4.05. The normalized spacial score (nSPS) is 10.1. The van der Waals surface area contributed by atoms with Gasteiger partial charge < -0.3 is 9.84 Å². The van der Waals surface area contributed by atoms with E-state index < -0.39 is 5.97 Å². The lowest BCUT2D eigenvalue weighted by molar-refractivity contribution is 0.0474. The number of phenolic OH excluding ortho intramolecular Hbond substituents is 1. The van der Waals surface area contributed by atoms with Crippen LogP contribution in [0.2, 0.25) is 0 Å². The van der Waals surface area contributed by atoms with Crippen molar-refractivity contribution in [1.29, 1.82) is 0 Å². The highest BCUT2D eigenvalue weighted by atomic mass is 127. The molecule has 2 aromatic rings. The molecule has 2 aromatic carbocycles. The summed E-state index contributed by atoms with van der Waals surface area (Å²) >= 11 is 2.15. The van der Waals surface area contributed by atoms with E-state index in [1.54, 1.807) is 12.1 Å². The van der Waals surface area contributed by atoms with E-state index in [2.05, 4.69) is 22.6 Å². The fourth-order valence-electron chi connectivity index (χ4n) is 1.53. The standard InChI is InChI=1S/C15H11IO4/c16-12-5-1-10(2-6-12)14(18)9-20-15(19)11-3-7-13(17)8-4-11/h1-8,17H,9H2. The highest BCUT2D eigenvalue weighted by Gasteiger charge is 2.11. The van der Waals surface area contributed by atoms with Crippen molar-refractivity contribution < 1.29 is 19.4 Å². The summed E-state index contributed by atoms with van der Waals surface area (Å²) in [4.78, 5) is 23.5. The van der Waals surface area contributed by atoms with Crippen LogP contribution >= 0.6 is 22.6 Å². The first-order chi connectivity index (χ1) is 9.56. The Morgan fingerprint density at radius 2 is 1.50 bits per heavy atom. The third-order valence-electron chi connectivity index (χ3n) is 2.60. The molecule has 0 spiro atoms. The fourth-order valence-corrected chi connectivity index (χ4v) is 1.89. The minimum atomic E-state index is -0.594. The van der Waals surface area contributed by atoms with Crippen LogP contribution in [-0.2, 0) is 4.74 Å². The Kier molecular flexibility index (Phi) is 4.73. The number of rotatable bonds is 4. The van der Waals surface area contributed by atoms with Crippen LogP contribution in [0.1, 0.15) is 20.7 Å². The van der Waals surface area contributed by atoms with Crippen molar-refractivity contribution in [3.63, 3.8) is 0 Å². The number of ketones is 1. The zero-order valence-electron chi connectivity index (χ0n) is 10.4. The van der Waals surface area contributed by atoms with Crippen molar-refractivity contribution >= 4 is 34.3 Å². The average molecular weight is 382 g/mol. The van der Waals surface area contributed by atoms with Gasteiger partial charge in [0.2, 0.25) is 0 Å². The Morgan fingerprint density at radius 1 is 0.950 bits per heavy atom. The molecule has 0 aliphatic heterocycles. The summed E-state index contributed by atoms with van der Waals surface area (Å²) in [6.07, 6.45) is 0. The van der Waals surface area contributed by atoms with Crippen molar-refractivity contribution in [3.05, 3.63) is 63.2 Å². The van der Waals surface area contributed by atoms with E-state index in [4.69, 9.17) is 9.84 Å². The zero-order chi connectivity index (χ0) is 14.5. The number of carbonyl (C=O) groups is 2. The van der Waals surface area contributed by atoms with Gasteiger partial charge in [-0.1, -0.05) is 12.1 Å². The Bertz CT molecular complexity index is 560. The molecule has 0 bridgehead atoms. The fraction of sp³-hybridized carbons (Fsp3) is 0.0667. The highest BCUT2D eigenvalue weighted by molar-refractivity contribution is 14.1. The van der Waals surface area contributed by atoms with Crippen molar-refractivity contribution in [2.45, 2.75) is 0 Å². The summed E-state index contributed by atoms with van der Waals surface area (Å²) in [5.41, 5.74) is 0.794. The number of ether oxygens (including phenoxy) is 1. The predicted molar refractivity (Wildman–Crippen MR) is 81.9 cm³/mol. The molecule has 1 N–H and O–H groups in total. The van der Waals surface area contributed by atoms with Gasteiger partial charge in [0, 0.05) is 9.13 Å². The Labute approximate surface area is 129 Å². The minimum Gasteiger partial charge on any atom is -0.508 e. The quantitative estimate of drug-likeness (QED) is 0.502. The number of benzene rings is 2. The average Bonchev–Trinajstić information content (AvgIpc) is 2.46. The van der Waals surface area contributed by atoms with Crippen LogP contribution in [0.3, 0.4) is 0 Å². The molecular weight excluding hydrogens is 371 g/mol. The van der Waals surface area contributed by atoms with E-state index in [9.17, 15) is 9.59 Å². The molecule has 2 rings (SSSR count). The summed E-state index contributed by atoms with van der Waals surface area (Å²) in [5, 5.41) is 9.12. The molecule has 0 aliphatic carbocycles. The summed E-state index contributed by atoms with van der Waals surface area (Å²) in [5.74, 6) is -0.783. The van der Waals surface area contributed by atoms with E-state index in [-0.39, 0.29) is 18.1 Å². The number of halogens is 1. The van der Waals surface area contributed by atoms with Gasteiger partial charge in [0.15, 0.2) is 12.4 Å². The van der Waals surface area contributed by atoms with Gasteiger partial charge in [-0.3, -0.25) is 4.79 Å². The molecule has 0 saturated carbocycles. The molecule has 0 radical (unpaired) electrons. The number of phenols is 1. The lowest BCUT2D eigenvalue weighted by Crippen LogP contribution is -2.14. The molecule has 0 amide bonds. The maximum Gasteiger partial charge on any atom is 0.338 e. The van der Waals surface area contributed by atoms with E-state index in [0.29, 0.717) is 11.1 Å². The number of Topliss-reactive ketones (excluding diaryl/α,β-unsaturated/α-hetero) is 1. The monoisotopic (exact) mass is 382 g/mol. The summed E-state index contributed by atoms with van der Waals surface area (Å²) < 4.78 is 5.97. The number of esters is 1.